The summed E-state index contributed by atoms with van der Waals surface area (Å²) in [6, 6.07) is 8.09. The van der Waals surface area contributed by atoms with Crippen molar-refractivity contribution < 1.29 is 5.11 Å². The lowest BCUT2D eigenvalue weighted by Crippen LogP contribution is -2.10. The van der Waals surface area contributed by atoms with E-state index in [1.54, 1.807) is 0 Å². The topological polar surface area (TPSA) is 69.0 Å². The van der Waals surface area contributed by atoms with Crippen LogP contribution >= 0.6 is 15.9 Å². The normalized spacial score (nSPS) is 11.9. The quantitative estimate of drug-likeness (QED) is 0.486. The maximum absolute atomic E-state index is 9.08. The molecule has 0 aliphatic rings. The Labute approximate surface area is 103 Å². The molecule has 1 aromatic carbocycles. The van der Waals surface area contributed by atoms with E-state index in [4.69, 9.17) is 10.6 Å². The lowest BCUT2D eigenvalue weighted by Gasteiger charge is -2.10. The summed E-state index contributed by atoms with van der Waals surface area (Å²) >= 11 is 3.38. The second kappa shape index (κ2) is 7.28. The van der Waals surface area contributed by atoms with Gasteiger partial charge >= 0.3 is 0 Å². The zero-order chi connectivity index (χ0) is 11.8. The average Bonchev–Trinajstić information content (AvgIpc) is 2.32. The summed E-state index contributed by atoms with van der Waals surface area (Å²) in [4.78, 5) is 2.70. The van der Waals surface area contributed by atoms with Gasteiger partial charge in [-0.1, -0.05) is 33.2 Å². The third kappa shape index (κ3) is 4.66. The highest BCUT2D eigenvalue weighted by atomic mass is 79.9. The average molecular weight is 284 g/mol. The maximum atomic E-state index is 9.08. The van der Waals surface area contributed by atoms with Gasteiger partial charge in [0.1, 0.15) is 0 Å². The number of nitrogens with zero attached hydrogens (tertiary/aromatic N) is 3. The zero-order valence-electron chi connectivity index (χ0n) is 8.88. The van der Waals surface area contributed by atoms with Gasteiger partial charge in [0.25, 0.3) is 0 Å². The van der Waals surface area contributed by atoms with E-state index >= 15 is 0 Å². The van der Waals surface area contributed by atoms with E-state index in [1.807, 2.05) is 24.3 Å². The molecule has 1 aromatic rings. The monoisotopic (exact) mass is 283 g/mol. The van der Waals surface area contributed by atoms with Crippen LogP contribution in [0.1, 0.15) is 12.0 Å². The second-order valence-corrected chi connectivity index (χ2v) is 4.54. The number of aliphatic hydroxyl groups is 1. The second-order valence-electron chi connectivity index (χ2n) is 3.63. The summed E-state index contributed by atoms with van der Waals surface area (Å²) in [6.07, 6.45) is 1.72. The van der Waals surface area contributed by atoms with Crippen LogP contribution in [0.15, 0.2) is 33.9 Å². The van der Waals surface area contributed by atoms with Crippen molar-refractivity contribution in [2.45, 2.75) is 12.8 Å². The predicted molar refractivity (Wildman–Crippen MR) is 67.1 cm³/mol. The highest BCUT2D eigenvalue weighted by molar-refractivity contribution is 9.10. The number of azide groups is 1. The maximum Gasteiger partial charge on any atom is 0.0460 e. The van der Waals surface area contributed by atoms with Crippen molar-refractivity contribution in [3.05, 3.63) is 44.7 Å². The van der Waals surface area contributed by atoms with Gasteiger partial charge in [0.2, 0.25) is 0 Å². The Balaban J connectivity index is 2.42. The van der Waals surface area contributed by atoms with E-state index < -0.39 is 0 Å². The molecule has 0 spiro atoms. The summed E-state index contributed by atoms with van der Waals surface area (Å²) in [5, 5.41) is 12.6. The summed E-state index contributed by atoms with van der Waals surface area (Å²) in [5.74, 6) is 0.0551. The molecule has 1 rings (SSSR count). The van der Waals surface area contributed by atoms with E-state index in [1.165, 1.54) is 5.56 Å². The fraction of sp³-hybridized carbons (Fsp3) is 0.455. The molecule has 0 unspecified atom stereocenters. The SMILES string of the molecule is [N-]=[N+]=NC[C@@H](CO)CCc1ccc(Br)cc1. The first kappa shape index (κ1) is 13.0. The molecule has 0 aliphatic heterocycles. The molecule has 4 nitrogen and oxygen atoms in total. The van der Waals surface area contributed by atoms with Gasteiger partial charge in [0.15, 0.2) is 0 Å². The van der Waals surface area contributed by atoms with Crippen LogP contribution in [0, 0.1) is 5.92 Å². The van der Waals surface area contributed by atoms with Crippen molar-refractivity contribution in [2.75, 3.05) is 13.2 Å². The molecule has 1 N–H and O–H groups in total. The van der Waals surface area contributed by atoms with E-state index in [9.17, 15) is 0 Å². The molecule has 16 heavy (non-hydrogen) atoms. The largest absolute Gasteiger partial charge is 0.396 e. The van der Waals surface area contributed by atoms with Crippen molar-refractivity contribution in [1.29, 1.82) is 0 Å². The highest BCUT2D eigenvalue weighted by Crippen LogP contribution is 2.14. The first-order chi connectivity index (χ1) is 7.76. The van der Waals surface area contributed by atoms with Crippen LogP contribution in [0.25, 0.3) is 10.4 Å². The number of aliphatic hydroxyl groups excluding tert-OH is 1. The Morgan fingerprint density at radius 3 is 2.62 bits per heavy atom. The van der Waals surface area contributed by atoms with E-state index in [0.29, 0.717) is 6.54 Å². The van der Waals surface area contributed by atoms with Crippen molar-refractivity contribution in [1.82, 2.24) is 0 Å². The minimum atomic E-state index is 0.0551. The van der Waals surface area contributed by atoms with Crippen LogP contribution in [0.3, 0.4) is 0 Å². The number of halogens is 1. The van der Waals surface area contributed by atoms with Crippen LogP contribution in [0.4, 0.5) is 0 Å². The fourth-order valence-electron chi connectivity index (χ4n) is 1.41. The van der Waals surface area contributed by atoms with Gasteiger partial charge in [-0.25, -0.2) is 0 Å². The first-order valence-electron chi connectivity index (χ1n) is 5.12. The third-order valence-electron chi connectivity index (χ3n) is 2.42. The molecule has 0 saturated heterocycles. The molecular weight excluding hydrogens is 270 g/mol. The fourth-order valence-corrected chi connectivity index (χ4v) is 1.68. The van der Waals surface area contributed by atoms with Gasteiger partial charge in [-0.2, -0.15) is 0 Å². The van der Waals surface area contributed by atoms with Crippen molar-refractivity contribution >= 4 is 15.9 Å². The Morgan fingerprint density at radius 1 is 1.38 bits per heavy atom. The Bertz CT molecular complexity index is 360. The van der Waals surface area contributed by atoms with Gasteiger partial charge in [-0.15, -0.1) is 0 Å². The van der Waals surface area contributed by atoms with E-state index in [-0.39, 0.29) is 12.5 Å². The number of hydrogen-bond acceptors (Lipinski definition) is 2. The summed E-state index contributed by atoms with van der Waals surface area (Å²) in [6.45, 7) is 0.430. The molecule has 0 amide bonds. The van der Waals surface area contributed by atoms with E-state index in [2.05, 4.69) is 26.0 Å². The number of hydrogen-bond donors (Lipinski definition) is 1. The molecule has 0 aromatic heterocycles. The van der Waals surface area contributed by atoms with Crippen molar-refractivity contribution in [3.63, 3.8) is 0 Å². The molecule has 86 valence electrons. The van der Waals surface area contributed by atoms with Gasteiger partial charge in [0.05, 0.1) is 0 Å². The Morgan fingerprint density at radius 2 is 2.06 bits per heavy atom. The highest BCUT2D eigenvalue weighted by Gasteiger charge is 2.06. The van der Waals surface area contributed by atoms with Crippen molar-refractivity contribution in [2.24, 2.45) is 11.0 Å². The number of rotatable bonds is 6. The smallest absolute Gasteiger partial charge is 0.0460 e. The Hall–Kier alpha value is -1.03. The van der Waals surface area contributed by atoms with Crippen molar-refractivity contribution in [3.8, 4) is 0 Å². The standard InChI is InChI=1S/C11H14BrN3O/c12-11-5-3-9(4-6-11)1-2-10(8-16)7-14-15-13/h3-6,10,16H,1-2,7-8H2/t10-/m0/s1. The minimum Gasteiger partial charge on any atom is -0.396 e. The number of benzene rings is 1. The van der Waals surface area contributed by atoms with Gasteiger partial charge in [-0.05, 0) is 42.0 Å². The van der Waals surface area contributed by atoms with Gasteiger partial charge < -0.3 is 5.11 Å². The van der Waals surface area contributed by atoms with Crippen LogP contribution in [0.5, 0.6) is 0 Å². The van der Waals surface area contributed by atoms with Crippen LogP contribution in [-0.4, -0.2) is 18.3 Å². The van der Waals surface area contributed by atoms with Crippen LogP contribution in [-0.2, 0) is 6.42 Å². The van der Waals surface area contributed by atoms with Crippen LogP contribution in [0.2, 0.25) is 0 Å². The molecule has 0 saturated carbocycles. The summed E-state index contributed by atoms with van der Waals surface area (Å²) in [7, 11) is 0. The van der Waals surface area contributed by atoms with E-state index in [0.717, 1.165) is 17.3 Å². The Kier molecular flexibility index (Phi) is 5.93. The van der Waals surface area contributed by atoms with Gasteiger partial charge in [0, 0.05) is 22.5 Å². The lowest BCUT2D eigenvalue weighted by molar-refractivity contribution is 0.223. The molecule has 1 atom stereocenters. The van der Waals surface area contributed by atoms with Gasteiger partial charge in [-0.3, -0.25) is 0 Å². The third-order valence-corrected chi connectivity index (χ3v) is 2.94. The molecule has 0 fully saturated rings. The summed E-state index contributed by atoms with van der Waals surface area (Å²) < 4.78 is 1.06. The number of aryl methyl sites for hydroxylation is 1. The zero-order valence-corrected chi connectivity index (χ0v) is 10.5. The summed E-state index contributed by atoms with van der Waals surface area (Å²) in [5.41, 5.74) is 9.42. The molecule has 5 heteroatoms. The molecular formula is C11H14BrN3O. The molecule has 0 heterocycles. The predicted octanol–water partition coefficient (Wildman–Crippen LogP) is 3.30. The molecule has 0 bridgehead atoms. The molecule has 0 radical (unpaired) electrons. The first-order valence-corrected chi connectivity index (χ1v) is 5.91. The lowest BCUT2D eigenvalue weighted by atomic mass is 10.0. The minimum absolute atomic E-state index is 0.0551. The van der Waals surface area contributed by atoms with Crippen LogP contribution < -0.4 is 0 Å². The molecule has 0 aliphatic carbocycles.